The van der Waals surface area contributed by atoms with Crippen LogP contribution in [0.15, 0.2) is 43.0 Å². The van der Waals surface area contributed by atoms with E-state index in [0.717, 1.165) is 22.5 Å². The zero-order valence-corrected chi connectivity index (χ0v) is 11.3. The van der Waals surface area contributed by atoms with Gasteiger partial charge in [0.05, 0.1) is 5.69 Å². The average Bonchev–Trinajstić information content (AvgIpc) is 2.82. The summed E-state index contributed by atoms with van der Waals surface area (Å²) in [6.45, 7) is 6.41. The van der Waals surface area contributed by atoms with Crippen molar-refractivity contribution < 1.29 is 0 Å². The molecule has 0 unspecified atom stereocenters. The topological polar surface area (TPSA) is 43.6 Å². The second-order valence-corrected chi connectivity index (χ2v) is 5.59. The largest absolute Gasteiger partial charge is 0.283 e. The SMILES string of the molecule is CC(C)(C)c1ncnc2c1ncn2-c1ccccc1. The molecule has 0 saturated heterocycles. The summed E-state index contributed by atoms with van der Waals surface area (Å²) in [5.74, 6) is 0. The number of hydrogen-bond donors (Lipinski definition) is 0. The molecule has 3 aromatic rings. The molecule has 2 aromatic heterocycles. The molecule has 1 aromatic carbocycles. The van der Waals surface area contributed by atoms with Gasteiger partial charge in [-0.25, -0.2) is 15.0 Å². The number of para-hydroxylation sites is 1. The minimum absolute atomic E-state index is 0.0446. The molecule has 4 nitrogen and oxygen atoms in total. The molecule has 0 saturated carbocycles. The van der Waals surface area contributed by atoms with Crippen LogP contribution in [0.25, 0.3) is 16.9 Å². The highest BCUT2D eigenvalue weighted by molar-refractivity contribution is 5.76. The Hall–Kier alpha value is -2.23. The predicted octanol–water partition coefficient (Wildman–Crippen LogP) is 3.11. The molecule has 96 valence electrons. The Morgan fingerprint density at radius 1 is 0.947 bits per heavy atom. The summed E-state index contributed by atoms with van der Waals surface area (Å²) >= 11 is 0. The lowest BCUT2D eigenvalue weighted by Crippen LogP contribution is -2.14. The molecule has 0 atom stereocenters. The van der Waals surface area contributed by atoms with Crippen LogP contribution < -0.4 is 0 Å². The predicted molar refractivity (Wildman–Crippen MR) is 75.4 cm³/mol. The Kier molecular flexibility index (Phi) is 2.59. The summed E-state index contributed by atoms with van der Waals surface area (Å²) in [7, 11) is 0. The van der Waals surface area contributed by atoms with Gasteiger partial charge >= 0.3 is 0 Å². The van der Waals surface area contributed by atoms with Crippen molar-refractivity contribution in [2.75, 3.05) is 0 Å². The smallest absolute Gasteiger partial charge is 0.168 e. The van der Waals surface area contributed by atoms with E-state index in [1.54, 1.807) is 6.33 Å². The Morgan fingerprint density at radius 3 is 2.37 bits per heavy atom. The lowest BCUT2D eigenvalue weighted by atomic mass is 9.91. The zero-order valence-electron chi connectivity index (χ0n) is 11.3. The molecule has 0 N–H and O–H groups in total. The van der Waals surface area contributed by atoms with Crippen molar-refractivity contribution in [3.05, 3.63) is 48.7 Å². The van der Waals surface area contributed by atoms with Crippen molar-refractivity contribution in [3.8, 4) is 5.69 Å². The van der Waals surface area contributed by atoms with Crippen molar-refractivity contribution in [1.29, 1.82) is 0 Å². The van der Waals surface area contributed by atoms with Crippen molar-refractivity contribution >= 4 is 11.2 Å². The van der Waals surface area contributed by atoms with Crippen LogP contribution in [0.1, 0.15) is 26.5 Å². The Morgan fingerprint density at radius 2 is 1.68 bits per heavy atom. The highest BCUT2D eigenvalue weighted by Crippen LogP contribution is 2.26. The Bertz CT molecular complexity index is 708. The number of imidazole rings is 1. The highest BCUT2D eigenvalue weighted by Gasteiger charge is 2.21. The van der Waals surface area contributed by atoms with Crippen LogP contribution in [0.5, 0.6) is 0 Å². The maximum atomic E-state index is 4.50. The van der Waals surface area contributed by atoms with Gasteiger partial charge in [0.2, 0.25) is 0 Å². The van der Waals surface area contributed by atoms with Gasteiger partial charge in [0.1, 0.15) is 18.2 Å². The third kappa shape index (κ3) is 1.99. The van der Waals surface area contributed by atoms with E-state index in [0.29, 0.717) is 0 Å². The first-order chi connectivity index (χ1) is 9.07. The Labute approximate surface area is 112 Å². The van der Waals surface area contributed by atoms with Crippen LogP contribution in [0.2, 0.25) is 0 Å². The molecule has 4 heteroatoms. The second kappa shape index (κ2) is 4.16. The van der Waals surface area contributed by atoms with E-state index in [9.17, 15) is 0 Å². The standard InChI is InChI=1S/C15H16N4/c1-15(2,3)13-12-14(17-9-16-13)19(10-18-12)11-7-5-4-6-8-11/h4-10H,1-3H3. The van der Waals surface area contributed by atoms with Crippen molar-refractivity contribution in [2.45, 2.75) is 26.2 Å². The molecule has 0 amide bonds. The van der Waals surface area contributed by atoms with Crippen LogP contribution in [0.4, 0.5) is 0 Å². The molecule has 0 aliphatic heterocycles. The lowest BCUT2D eigenvalue weighted by molar-refractivity contribution is 0.573. The van der Waals surface area contributed by atoms with E-state index in [4.69, 9.17) is 0 Å². The van der Waals surface area contributed by atoms with E-state index in [2.05, 4.69) is 35.7 Å². The van der Waals surface area contributed by atoms with E-state index in [1.165, 1.54) is 0 Å². The fourth-order valence-corrected chi connectivity index (χ4v) is 2.16. The van der Waals surface area contributed by atoms with Crippen LogP contribution in [0, 0.1) is 0 Å². The third-order valence-electron chi connectivity index (χ3n) is 3.08. The van der Waals surface area contributed by atoms with Crippen molar-refractivity contribution in [2.24, 2.45) is 0 Å². The van der Waals surface area contributed by atoms with Gasteiger partial charge in [-0.2, -0.15) is 0 Å². The molecule has 2 heterocycles. The quantitative estimate of drug-likeness (QED) is 0.668. The van der Waals surface area contributed by atoms with Gasteiger partial charge in [0.15, 0.2) is 5.65 Å². The van der Waals surface area contributed by atoms with Crippen LogP contribution >= 0.6 is 0 Å². The maximum absolute atomic E-state index is 4.50. The van der Waals surface area contributed by atoms with Gasteiger partial charge in [0.25, 0.3) is 0 Å². The fraction of sp³-hybridized carbons (Fsp3) is 0.267. The number of nitrogens with zero attached hydrogens (tertiary/aromatic N) is 4. The van der Waals surface area contributed by atoms with E-state index in [1.807, 2.05) is 41.2 Å². The first-order valence-corrected chi connectivity index (χ1v) is 6.31. The van der Waals surface area contributed by atoms with Crippen molar-refractivity contribution in [1.82, 2.24) is 19.5 Å². The van der Waals surface area contributed by atoms with E-state index in [-0.39, 0.29) is 5.41 Å². The molecule has 0 radical (unpaired) electrons. The lowest BCUT2D eigenvalue weighted by Gasteiger charge is -2.17. The minimum atomic E-state index is -0.0446. The number of rotatable bonds is 1. The minimum Gasteiger partial charge on any atom is -0.283 e. The van der Waals surface area contributed by atoms with Gasteiger partial charge in [-0.1, -0.05) is 39.0 Å². The summed E-state index contributed by atoms with van der Waals surface area (Å²) in [4.78, 5) is 13.3. The number of benzene rings is 1. The second-order valence-electron chi connectivity index (χ2n) is 5.59. The van der Waals surface area contributed by atoms with Gasteiger partial charge in [-0.15, -0.1) is 0 Å². The first-order valence-electron chi connectivity index (χ1n) is 6.31. The molecule has 0 aliphatic rings. The third-order valence-corrected chi connectivity index (χ3v) is 3.08. The molecule has 0 bridgehead atoms. The normalized spacial score (nSPS) is 11.9. The maximum Gasteiger partial charge on any atom is 0.168 e. The molecule has 0 spiro atoms. The highest BCUT2D eigenvalue weighted by atomic mass is 15.1. The first kappa shape index (κ1) is 11.8. The average molecular weight is 252 g/mol. The van der Waals surface area contributed by atoms with Crippen LogP contribution in [0.3, 0.4) is 0 Å². The van der Waals surface area contributed by atoms with Gasteiger partial charge in [-0.05, 0) is 12.1 Å². The summed E-state index contributed by atoms with van der Waals surface area (Å²) < 4.78 is 1.99. The molecular formula is C15H16N4. The summed E-state index contributed by atoms with van der Waals surface area (Å²) in [5.41, 5.74) is 3.72. The van der Waals surface area contributed by atoms with E-state index < -0.39 is 0 Å². The van der Waals surface area contributed by atoms with Crippen LogP contribution in [-0.2, 0) is 5.41 Å². The van der Waals surface area contributed by atoms with Gasteiger partial charge in [0, 0.05) is 11.1 Å². The van der Waals surface area contributed by atoms with E-state index >= 15 is 0 Å². The molecular weight excluding hydrogens is 236 g/mol. The monoisotopic (exact) mass is 252 g/mol. The Balaban J connectivity index is 2.26. The van der Waals surface area contributed by atoms with Gasteiger partial charge < -0.3 is 0 Å². The number of aromatic nitrogens is 4. The molecule has 0 fully saturated rings. The number of fused-ring (bicyclic) bond motifs is 1. The van der Waals surface area contributed by atoms with Crippen molar-refractivity contribution in [3.63, 3.8) is 0 Å². The summed E-state index contributed by atoms with van der Waals surface area (Å²) in [6, 6.07) is 10.1. The van der Waals surface area contributed by atoms with Gasteiger partial charge in [-0.3, -0.25) is 4.57 Å². The summed E-state index contributed by atoms with van der Waals surface area (Å²) in [5, 5.41) is 0. The fourth-order valence-electron chi connectivity index (χ4n) is 2.16. The molecule has 19 heavy (non-hydrogen) atoms. The molecule has 0 aliphatic carbocycles. The number of hydrogen-bond acceptors (Lipinski definition) is 3. The zero-order chi connectivity index (χ0) is 13.5. The summed E-state index contributed by atoms with van der Waals surface area (Å²) in [6.07, 6.45) is 3.42. The molecule has 3 rings (SSSR count). The van der Waals surface area contributed by atoms with Crippen LogP contribution in [-0.4, -0.2) is 19.5 Å².